The molecule has 0 saturated heterocycles. The maximum absolute atomic E-state index is 5.39. The third-order valence-electron chi connectivity index (χ3n) is 1.69. The van der Waals surface area contributed by atoms with Gasteiger partial charge in [0.15, 0.2) is 0 Å². The zero-order valence-corrected chi connectivity index (χ0v) is 5.26. The van der Waals surface area contributed by atoms with Gasteiger partial charge in [-0.25, -0.2) is 4.84 Å². The summed E-state index contributed by atoms with van der Waals surface area (Å²) in [6, 6.07) is 0. The van der Waals surface area contributed by atoms with Gasteiger partial charge in [0, 0.05) is 5.54 Å². The van der Waals surface area contributed by atoms with Crippen LogP contribution in [0.2, 0.25) is 0 Å². The summed E-state index contributed by atoms with van der Waals surface area (Å²) in [7, 11) is 0. The van der Waals surface area contributed by atoms with Crippen LogP contribution >= 0.6 is 11.8 Å². The van der Waals surface area contributed by atoms with Gasteiger partial charge in [-0.1, -0.05) is 0 Å². The van der Waals surface area contributed by atoms with Gasteiger partial charge in [-0.05, 0) is 38.0 Å². The maximum Gasteiger partial charge on any atom is 0.0303 e. The lowest BCUT2D eigenvalue weighted by Gasteiger charge is -2.36. The normalized spacial score (nSPS) is 26.6. The highest BCUT2D eigenvalue weighted by Crippen LogP contribution is 2.30. The lowest BCUT2D eigenvalue weighted by molar-refractivity contribution is 0.251. The van der Waals surface area contributed by atoms with Crippen LogP contribution in [0.25, 0.3) is 0 Å². The molecule has 1 nitrogen and oxygen atoms in total. The molecular weight excluding hydrogens is 110 g/mol. The molecule has 0 heterocycles. The molecule has 0 bridgehead atoms. The van der Waals surface area contributed by atoms with Crippen LogP contribution in [0.3, 0.4) is 0 Å². The second kappa shape index (κ2) is 1.64. The number of nitrogens with one attached hydrogen (secondary N) is 1. The first-order chi connectivity index (χ1) is 3.27. The van der Waals surface area contributed by atoms with Gasteiger partial charge in [0.1, 0.15) is 0 Å². The number of halogens is 1. The Morgan fingerprint density at radius 2 is 2.14 bits per heavy atom. The average molecular weight is 120 g/mol. The Hall–Kier alpha value is 0.250. The van der Waals surface area contributed by atoms with Gasteiger partial charge in [-0.2, -0.15) is 0 Å². The molecule has 1 rings (SSSR count). The first-order valence-electron chi connectivity index (χ1n) is 2.65. The van der Waals surface area contributed by atoms with E-state index in [0.717, 1.165) is 0 Å². The highest BCUT2D eigenvalue weighted by molar-refractivity contribution is 6.13. The summed E-state index contributed by atoms with van der Waals surface area (Å²) in [6.07, 6.45) is 3.79. The van der Waals surface area contributed by atoms with Crippen LogP contribution in [-0.2, 0) is 0 Å². The van der Waals surface area contributed by atoms with Gasteiger partial charge < -0.3 is 0 Å². The van der Waals surface area contributed by atoms with Crippen molar-refractivity contribution < 1.29 is 0 Å². The van der Waals surface area contributed by atoms with Crippen LogP contribution in [0.4, 0.5) is 0 Å². The minimum atomic E-state index is 0.279. The highest BCUT2D eigenvalue weighted by Gasteiger charge is 2.30. The Balaban J connectivity index is 2.29. The SMILES string of the molecule is CC1(NCl)CCC1. The van der Waals surface area contributed by atoms with E-state index in [1.165, 1.54) is 19.3 Å². The second-order valence-corrected chi connectivity index (χ2v) is 2.70. The standard InChI is InChI=1S/C5H10ClN/c1-5(7-6)3-2-4-5/h7H,2-4H2,1H3. The lowest BCUT2D eigenvalue weighted by atomic mass is 9.80. The summed E-state index contributed by atoms with van der Waals surface area (Å²) in [4.78, 5) is 2.75. The van der Waals surface area contributed by atoms with Crippen LogP contribution in [0, 0.1) is 0 Å². The molecular formula is C5H10ClN. The highest BCUT2D eigenvalue weighted by atomic mass is 35.5. The predicted octanol–water partition coefficient (Wildman–Crippen LogP) is 1.67. The van der Waals surface area contributed by atoms with E-state index in [1.54, 1.807) is 0 Å². The molecule has 0 aromatic rings. The Bertz CT molecular complexity index is 63.0. The van der Waals surface area contributed by atoms with Gasteiger partial charge in [0.25, 0.3) is 0 Å². The Morgan fingerprint density at radius 3 is 2.14 bits per heavy atom. The summed E-state index contributed by atoms with van der Waals surface area (Å²) >= 11 is 5.39. The van der Waals surface area contributed by atoms with Crippen LogP contribution < -0.4 is 4.84 Å². The molecule has 7 heavy (non-hydrogen) atoms. The molecule has 0 unspecified atom stereocenters. The summed E-state index contributed by atoms with van der Waals surface area (Å²) in [5.41, 5.74) is 0.279. The van der Waals surface area contributed by atoms with Crippen molar-refractivity contribution in [2.24, 2.45) is 0 Å². The van der Waals surface area contributed by atoms with Crippen LogP contribution in [0.5, 0.6) is 0 Å². The molecule has 1 fully saturated rings. The molecule has 0 amide bonds. The van der Waals surface area contributed by atoms with E-state index in [1.807, 2.05) is 0 Å². The summed E-state index contributed by atoms with van der Waals surface area (Å²) in [5, 5.41) is 0. The van der Waals surface area contributed by atoms with E-state index in [-0.39, 0.29) is 5.54 Å². The summed E-state index contributed by atoms with van der Waals surface area (Å²) in [5.74, 6) is 0. The Morgan fingerprint density at radius 1 is 1.57 bits per heavy atom. The van der Waals surface area contributed by atoms with Crippen molar-refractivity contribution >= 4 is 11.8 Å². The maximum atomic E-state index is 5.39. The molecule has 0 aromatic heterocycles. The van der Waals surface area contributed by atoms with Crippen molar-refractivity contribution in [2.45, 2.75) is 31.7 Å². The van der Waals surface area contributed by atoms with Gasteiger partial charge >= 0.3 is 0 Å². The van der Waals surface area contributed by atoms with E-state index >= 15 is 0 Å². The van der Waals surface area contributed by atoms with Crippen molar-refractivity contribution in [1.82, 2.24) is 4.84 Å². The fourth-order valence-corrected chi connectivity index (χ4v) is 0.991. The molecule has 42 valence electrons. The van der Waals surface area contributed by atoms with Gasteiger partial charge in [-0.3, -0.25) is 0 Å². The van der Waals surface area contributed by atoms with Gasteiger partial charge in [0.2, 0.25) is 0 Å². The van der Waals surface area contributed by atoms with Crippen molar-refractivity contribution in [3.8, 4) is 0 Å². The minimum Gasteiger partial charge on any atom is -0.228 e. The van der Waals surface area contributed by atoms with Crippen molar-refractivity contribution in [3.63, 3.8) is 0 Å². The number of rotatable bonds is 1. The third-order valence-corrected chi connectivity index (χ3v) is 2.14. The third kappa shape index (κ3) is 0.892. The van der Waals surface area contributed by atoms with Crippen molar-refractivity contribution in [2.75, 3.05) is 0 Å². The first kappa shape index (κ1) is 5.39. The van der Waals surface area contributed by atoms with E-state index in [2.05, 4.69) is 11.8 Å². The van der Waals surface area contributed by atoms with Crippen LogP contribution in [0.1, 0.15) is 26.2 Å². The zero-order chi connectivity index (χ0) is 5.33. The molecule has 2 heteroatoms. The van der Waals surface area contributed by atoms with E-state index < -0.39 is 0 Å². The van der Waals surface area contributed by atoms with E-state index in [0.29, 0.717) is 0 Å². The largest absolute Gasteiger partial charge is 0.228 e. The molecule has 0 atom stereocenters. The first-order valence-corrected chi connectivity index (χ1v) is 3.02. The number of hydrogen-bond acceptors (Lipinski definition) is 1. The van der Waals surface area contributed by atoms with Crippen LogP contribution in [0.15, 0.2) is 0 Å². The fraction of sp³-hybridized carbons (Fsp3) is 1.00. The molecule has 1 N–H and O–H groups in total. The monoisotopic (exact) mass is 119 g/mol. The molecule has 1 aliphatic rings. The van der Waals surface area contributed by atoms with E-state index in [4.69, 9.17) is 11.8 Å². The number of hydrogen-bond donors (Lipinski definition) is 1. The summed E-state index contributed by atoms with van der Waals surface area (Å²) in [6.45, 7) is 2.14. The molecule has 0 aliphatic heterocycles. The zero-order valence-electron chi connectivity index (χ0n) is 4.50. The quantitative estimate of drug-likeness (QED) is 0.518. The molecule has 0 radical (unpaired) electrons. The summed E-state index contributed by atoms with van der Waals surface area (Å²) < 4.78 is 0. The smallest absolute Gasteiger partial charge is 0.0303 e. The van der Waals surface area contributed by atoms with Crippen molar-refractivity contribution in [1.29, 1.82) is 0 Å². The van der Waals surface area contributed by atoms with Gasteiger partial charge in [0.05, 0.1) is 0 Å². The van der Waals surface area contributed by atoms with Gasteiger partial charge in [-0.15, -0.1) is 0 Å². The Labute approximate surface area is 49.2 Å². The second-order valence-electron chi connectivity index (χ2n) is 2.51. The van der Waals surface area contributed by atoms with Crippen LogP contribution in [-0.4, -0.2) is 5.54 Å². The predicted molar refractivity (Wildman–Crippen MR) is 31.2 cm³/mol. The topological polar surface area (TPSA) is 12.0 Å². The molecule has 0 spiro atoms. The van der Waals surface area contributed by atoms with Crippen molar-refractivity contribution in [3.05, 3.63) is 0 Å². The molecule has 1 saturated carbocycles. The lowest BCUT2D eigenvalue weighted by Crippen LogP contribution is -2.42. The molecule has 0 aromatic carbocycles. The van der Waals surface area contributed by atoms with E-state index in [9.17, 15) is 0 Å². The minimum absolute atomic E-state index is 0.279. The fourth-order valence-electron chi connectivity index (χ4n) is 0.802. The Kier molecular flexibility index (Phi) is 1.26. The average Bonchev–Trinajstić information content (AvgIpc) is 1.61. The molecule has 1 aliphatic carbocycles.